The quantitative estimate of drug-likeness (QED) is 0.319. The van der Waals surface area contributed by atoms with Gasteiger partial charge in [0.05, 0.1) is 0 Å². The van der Waals surface area contributed by atoms with Crippen LogP contribution in [0.25, 0.3) is 0 Å². The highest BCUT2D eigenvalue weighted by Gasteiger charge is 2.27. The van der Waals surface area contributed by atoms with Gasteiger partial charge in [-0.25, -0.2) is 0 Å². The van der Waals surface area contributed by atoms with Crippen molar-refractivity contribution in [2.24, 2.45) is 0 Å². The van der Waals surface area contributed by atoms with Crippen molar-refractivity contribution in [1.29, 1.82) is 0 Å². The summed E-state index contributed by atoms with van der Waals surface area (Å²) in [7, 11) is -2.04. The summed E-state index contributed by atoms with van der Waals surface area (Å²) < 4.78 is 5.93. The Labute approximate surface area is 117 Å². The molecule has 18 heavy (non-hydrogen) atoms. The molecule has 0 radical (unpaired) electrons. The summed E-state index contributed by atoms with van der Waals surface area (Å²) in [5.41, 5.74) is 0. The molecule has 0 spiro atoms. The molecule has 1 nitrogen and oxygen atoms in total. The standard InChI is InChI=1S/C15H25ClOSi/c1-3-4-5-6-7-11-14-18(2,16)17-15-12-9-8-10-13-15/h8-10,12-13H,3-7,11,14H2,1-2H3. The Kier molecular flexibility index (Phi) is 7.44. The third kappa shape index (κ3) is 7.07. The van der Waals surface area contributed by atoms with E-state index in [1.807, 2.05) is 30.3 Å². The van der Waals surface area contributed by atoms with Gasteiger partial charge in [0, 0.05) is 0 Å². The lowest BCUT2D eigenvalue weighted by atomic mass is 10.1. The van der Waals surface area contributed by atoms with Crippen LogP contribution in [0.3, 0.4) is 0 Å². The van der Waals surface area contributed by atoms with E-state index in [1.54, 1.807) is 0 Å². The van der Waals surface area contributed by atoms with Crippen LogP contribution in [-0.4, -0.2) is 7.63 Å². The molecular formula is C15H25ClOSi. The largest absolute Gasteiger partial charge is 0.529 e. The highest BCUT2D eigenvalue weighted by molar-refractivity contribution is 7.16. The summed E-state index contributed by atoms with van der Waals surface area (Å²) in [5.74, 6) is 0.910. The van der Waals surface area contributed by atoms with Crippen molar-refractivity contribution in [2.45, 2.75) is 58.0 Å². The first kappa shape index (κ1) is 15.6. The number of halogens is 1. The van der Waals surface area contributed by atoms with E-state index in [-0.39, 0.29) is 0 Å². The van der Waals surface area contributed by atoms with Gasteiger partial charge in [-0.15, -0.1) is 11.1 Å². The van der Waals surface area contributed by atoms with Crippen LogP contribution in [0.15, 0.2) is 30.3 Å². The normalized spacial score (nSPS) is 14.2. The lowest BCUT2D eigenvalue weighted by molar-refractivity contribution is 0.550. The maximum absolute atomic E-state index is 6.53. The van der Waals surface area contributed by atoms with E-state index < -0.39 is 7.63 Å². The maximum Gasteiger partial charge on any atom is 0.344 e. The summed E-state index contributed by atoms with van der Waals surface area (Å²) in [6.45, 7) is 4.34. The maximum atomic E-state index is 6.53. The molecule has 1 unspecified atom stereocenters. The van der Waals surface area contributed by atoms with Crippen LogP contribution in [0.5, 0.6) is 5.75 Å². The molecule has 1 aromatic rings. The fourth-order valence-electron chi connectivity index (χ4n) is 2.01. The van der Waals surface area contributed by atoms with Gasteiger partial charge in [0.25, 0.3) is 0 Å². The van der Waals surface area contributed by atoms with E-state index in [9.17, 15) is 0 Å². The second-order valence-corrected chi connectivity index (χ2v) is 10.3. The number of hydrogen-bond donors (Lipinski definition) is 0. The minimum Gasteiger partial charge on any atom is -0.529 e. The third-order valence-electron chi connectivity index (χ3n) is 3.05. The predicted molar refractivity (Wildman–Crippen MR) is 82.7 cm³/mol. The summed E-state index contributed by atoms with van der Waals surface area (Å²) in [4.78, 5) is 0. The Balaban J connectivity index is 2.19. The Hall–Kier alpha value is -0.473. The minimum atomic E-state index is -2.04. The average Bonchev–Trinajstić information content (AvgIpc) is 2.34. The Morgan fingerprint density at radius 1 is 1.00 bits per heavy atom. The zero-order valence-corrected chi connectivity index (χ0v) is 13.4. The van der Waals surface area contributed by atoms with E-state index in [1.165, 1.54) is 38.5 Å². The number of para-hydroxylation sites is 1. The molecule has 0 N–H and O–H groups in total. The number of benzene rings is 1. The highest BCUT2D eigenvalue weighted by Crippen LogP contribution is 2.24. The summed E-state index contributed by atoms with van der Waals surface area (Å²) in [6.07, 6.45) is 7.84. The van der Waals surface area contributed by atoms with Gasteiger partial charge >= 0.3 is 7.63 Å². The Bertz CT molecular complexity index is 314. The number of hydrogen-bond acceptors (Lipinski definition) is 1. The minimum absolute atomic E-state index is 0.910. The van der Waals surface area contributed by atoms with Gasteiger partial charge in [-0.1, -0.05) is 63.6 Å². The Morgan fingerprint density at radius 2 is 1.61 bits per heavy atom. The molecule has 1 atom stereocenters. The van der Waals surface area contributed by atoms with Crippen LogP contribution in [0, 0.1) is 0 Å². The van der Waals surface area contributed by atoms with Crippen LogP contribution in [0.4, 0.5) is 0 Å². The molecule has 1 aromatic carbocycles. The molecule has 102 valence electrons. The first-order valence-electron chi connectivity index (χ1n) is 7.07. The van der Waals surface area contributed by atoms with Crippen molar-refractivity contribution < 1.29 is 4.43 Å². The van der Waals surface area contributed by atoms with Crippen molar-refractivity contribution in [3.8, 4) is 5.75 Å². The predicted octanol–water partition coefficient (Wildman–Crippen LogP) is 5.74. The molecule has 0 aromatic heterocycles. The van der Waals surface area contributed by atoms with E-state index >= 15 is 0 Å². The molecule has 0 aliphatic rings. The average molecular weight is 285 g/mol. The fraction of sp³-hybridized carbons (Fsp3) is 0.600. The first-order valence-corrected chi connectivity index (χ1v) is 10.7. The SMILES string of the molecule is CCCCCCCC[Si](C)(Cl)Oc1ccccc1. The second-order valence-electron chi connectivity index (χ2n) is 5.03. The summed E-state index contributed by atoms with van der Waals surface area (Å²) >= 11 is 6.53. The number of rotatable bonds is 9. The molecule has 0 bridgehead atoms. The summed E-state index contributed by atoms with van der Waals surface area (Å²) in [6, 6.07) is 11.0. The molecule has 0 fully saturated rings. The molecule has 0 aliphatic heterocycles. The van der Waals surface area contributed by atoms with Crippen LogP contribution in [0.2, 0.25) is 12.6 Å². The van der Waals surface area contributed by atoms with E-state index in [4.69, 9.17) is 15.5 Å². The molecule has 0 saturated carbocycles. The number of unbranched alkanes of at least 4 members (excludes halogenated alkanes) is 5. The molecule has 0 saturated heterocycles. The van der Waals surface area contributed by atoms with Crippen molar-refractivity contribution in [3.05, 3.63) is 30.3 Å². The molecular weight excluding hydrogens is 260 g/mol. The molecule has 3 heteroatoms. The topological polar surface area (TPSA) is 9.23 Å². The van der Waals surface area contributed by atoms with Gasteiger partial charge < -0.3 is 4.43 Å². The van der Waals surface area contributed by atoms with Gasteiger partial charge in [0.2, 0.25) is 0 Å². The van der Waals surface area contributed by atoms with Gasteiger partial charge in [-0.2, -0.15) is 0 Å². The van der Waals surface area contributed by atoms with Gasteiger partial charge in [-0.3, -0.25) is 0 Å². The van der Waals surface area contributed by atoms with E-state index in [0.717, 1.165) is 11.8 Å². The van der Waals surface area contributed by atoms with Crippen molar-refractivity contribution in [3.63, 3.8) is 0 Å². The van der Waals surface area contributed by atoms with Gasteiger partial charge in [-0.05, 0) is 24.7 Å². The monoisotopic (exact) mass is 284 g/mol. The Morgan fingerprint density at radius 3 is 2.28 bits per heavy atom. The summed E-state index contributed by atoms with van der Waals surface area (Å²) in [5, 5.41) is 0. The lowest BCUT2D eigenvalue weighted by Crippen LogP contribution is -2.31. The van der Waals surface area contributed by atoms with Crippen LogP contribution >= 0.6 is 11.1 Å². The van der Waals surface area contributed by atoms with Gasteiger partial charge in [0.1, 0.15) is 5.75 Å². The van der Waals surface area contributed by atoms with E-state index in [0.29, 0.717) is 0 Å². The first-order chi connectivity index (χ1) is 8.64. The zero-order valence-electron chi connectivity index (χ0n) is 11.6. The molecule has 1 rings (SSSR count). The molecule has 0 aliphatic carbocycles. The van der Waals surface area contributed by atoms with Crippen LogP contribution < -0.4 is 4.43 Å². The third-order valence-corrected chi connectivity index (χ3v) is 5.76. The van der Waals surface area contributed by atoms with Crippen molar-refractivity contribution in [2.75, 3.05) is 0 Å². The van der Waals surface area contributed by atoms with Crippen molar-refractivity contribution >= 4 is 18.7 Å². The van der Waals surface area contributed by atoms with Crippen LogP contribution in [0.1, 0.15) is 45.4 Å². The van der Waals surface area contributed by atoms with Gasteiger partial charge in [0.15, 0.2) is 0 Å². The fourth-order valence-corrected chi connectivity index (χ4v) is 4.29. The zero-order chi connectivity index (χ0) is 13.3. The lowest BCUT2D eigenvalue weighted by Gasteiger charge is -2.21. The molecule has 0 amide bonds. The van der Waals surface area contributed by atoms with E-state index in [2.05, 4.69) is 13.5 Å². The molecule has 0 heterocycles. The highest BCUT2D eigenvalue weighted by atomic mass is 35.6. The van der Waals surface area contributed by atoms with Crippen molar-refractivity contribution in [1.82, 2.24) is 0 Å². The van der Waals surface area contributed by atoms with Crippen LogP contribution in [-0.2, 0) is 0 Å². The smallest absolute Gasteiger partial charge is 0.344 e. The second kappa shape index (κ2) is 8.60.